The molecule has 21 heavy (non-hydrogen) atoms. The van der Waals surface area contributed by atoms with E-state index in [-0.39, 0.29) is 11.5 Å². The van der Waals surface area contributed by atoms with Crippen LogP contribution in [-0.2, 0) is 11.2 Å². The summed E-state index contributed by atoms with van der Waals surface area (Å²) < 4.78 is 5.23. The summed E-state index contributed by atoms with van der Waals surface area (Å²) in [4.78, 5) is 22.8. The molecular weight excluding hydrogens is 268 g/mol. The van der Waals surface area contributed by atoms with Crippen LogP contribution in [0.15, 0.2) is 48.5 Å². The summed E-state index contributed by atoms with van der Waals surface area (Å²) in [6.45, 7) is 1.56. The van der Waals surface area contributed by atoms with Crippen LogP contribution >= 0.6 is 0 Å². The van der Waals surface area contributed by atoms with Crippen molar-refractivity contribution in [3.63, 3.8) is 0 Å². The Morgan fingerprint density at radius 1 is 1.00 bits per heavy atom. The lowest BCUT2D eigenvalue weighted by Gasteiger charge is -2.05. The van der Waals surface area contributed by atoms with E-state index in [1.165, 1.54) is 24.3 Å². The van der Waals surface area contributed by atoms with Gasteiger partial charge in [0.05, 0.1) is 5.56 Å². The Morgan fingerprint density at radius 2 is 1.62 bits per heavy atom. The maximum atomic E-state index is 11.9. The van der Waals surface area contributed by atoms with Crippen LogP contribution in [0.2, 0.25) is 0 Å². The second kappa shape index (κ2) is 6.70. The van der Waals surface area contributed by atoms with E-state index in [1.807, 2.05) is 12.1 Å². The zero-order valence-corrected chi connectivity index (χ0v) is 11.7. The number of carbonyl (C=O) groups is 2. The van der Waals surface area contributed by atoms with Gasteiger partial charge >= 0.3 is 5.97 Å². The summed E-state index contributed by atoms with van der Waals surface area (Å²) in [5.74, 6) is 0.213. The van der Waals surface area contributed by atoms with Gasteiger partial charge in [0, 0.05) is 6.42 Å². The van der Waals surface area contributed by atoms with Crippen molar-refractivity contribution in [2.45, 2.75) is 19.8 Å². The van der Waals surface area contributed by atoms with Gasteiger partial charge in [-0.2, -0.15) is 0 Å². The number of aryl methyl sites for hydroxylation is 1. The van der Waals surface area contributed by atoms with Crippen molar-refractivity contribution in [2.24, 2.45) is 0 Å². The van der Waals surface area contributed by atoms with E-state index in [0.29, 0.717) is 24.2 Å². The molecule has 4 heteroatoms. The smallest absolute Gasteiger partial charge is 0.343 e. The van der Waals surface area contributed by atoms with Crippen LogP contribution in [0.1, 0.15) is 29.3 Å². The molecule has 0 saturated carbocycles. The summed E-state index contributed by atoms with van der Waals surface area (Å²) in [5.41, 5.74) is 1.39. The van der Waals surface area contributed by atoms with Gasteiger partial charge in [0.25, 0.3) is 0 Å². The Morgan fingerprint density at radius 3 is 2.19 bits per heavy atom. The number of aromatic hydroxyl groups is 1. The van der Waals surface area contributed by atoms with E-state index in [2.05, 4.69) is 0 Å². The minimum atomic E-state index is -0.480. The molecule has 0 unspecified atom stereocenters. The number of rotatable bonds is 5. The number of Topliss-reactive ketones (excluding diaryl/α,β-unsaturated/α-hetero) is 1. The molecule has 108 valence electrons. The molecule has 0 aromatic heterocycles. The maximum absolute atomic E-state index is 11.9. The normalized spacial score (nSPS) is 10.1. The molecule has 0 atom stereocenters. The summed E-state index contributed by atoms with van der Waals surface area (Å²) >= 11 is 0. The molecule has 0 aliphatic heterocycles. The van der Waals surface area contributed by atoms with Gasteiger partial charge in [0.1, 0.15) is 17.3 Å². The second-order valence-corrected chi connectivity index (χ2v) is 4.78. The predicted octanol–water partition coefficient (Wildman–Crippen LogP) is 3.13. The van der Waals surface area contributed by atoms with Crippen molar-refractivity contribution in [2.75, 3.05) is 0 Å². The number of carbonyl (C=O) groups excluding carboxylic acids is 2. The van der Waals surface area contributed by atoms with Crippen LogP contribution in [0.25, 0.3) is 0 Å². The second-order valence-electron chi connectivity index (χ2n) is 4.78. The summed E-state index contributed by atoms with van der Waals surface area (Å²) in [7, 11) is 0. The Balaban J connectivity index is 1.98. The van der Waals surface area contributed by atoms with Crippen molar-refractivity contribution in [1.29, 1.82) is 0 Å². The van der Waals surface area contributed by atoms with Gasteiger partial charge in [0.15, 0.2) is 0 Å². The summed E-state index contributed by atoms with van der Waals surface area (Å²) in [6, 6.07) is 12.9. The first-order valence-corrected chi connectivity index (χ1v) is 6.64. The first-order chi connectivity index (χ1) is 10.0. The number of esters is 1. The van der Waals surface area contributed by atoms with Crippen molar-refractivity contribution in [3.8, 4) is 11.5 Å². The van der Waals surface area contributed by atoms with Crippen molar-refractivity contribution < 1.29 is 19.4 Å². The molecule has 0 saturated heterocycles. The lowest BCUT2D eigenvalue weighted by atomic mass is 10.1. The third-order valence-corrected chi connectivity index (χ3v) is 3.00. The third kappa shape index (κ3) is 4.45. The molecule has 2 aromatic carbocycles. The highest BCUT2D eigenvalue weighted by molar-refractivity contribution is 5.91. The van der Waals surface area contributed by atoms with Crippen molar-refractivity contribution >= 4 is 11.8 Å². The van der Waals surface area contributed by atoms with Gasteiger partial charge in [0.2, 0.25) is 0 Å². The Bertz CT molecular complexity index is 627. The zero-order valence-electron chi connectivity index (χ0n) is 11.7. The average Bonchev–Trinajstić information content (AvgIpc) is 2.47. The lowest BCUT2D eigenvalue weighted by molar-refractivity contribution is -0.116. The first-order valence-electron chi connectivity index (χ1n) is 6.64. The van der Waals surface area contributed by atoms with Gasteiger partial charge in [-0.1, -0.05) is 12.1 Å². The monoisotopic (exact) mass is 284 g/mol. The molecule has 0 aliphatic rings. The predicted molar refractivity (Wildman–Crippen MR) is 78.5 cm³/mol. The molecule has 2 aromatic rings. The zero-order chi connectivity index (χ0) is 15.2. The number of ketones is 1. The Hall–Kier alpha value is -2.62. The maximum Gasteiger partial charge on any atom is 0.343 e. The molecule has 2 rings (SSSR count). The van der Waals surface area contributed by atoms with Gasteiger partial charge < -0.3 is 14.6 Å². The fourth-order valence-corrected chi connectivity index (χ4v) is 1.81. The molecule has 0 bridgehead atoms. The molecule has 0 amide bonds. The minimum absolute atomic E-state index is 0.0985. The Kier molecular flexibility index (Phi) is 4.72. The van der Waals surface area contributed by atoms with Crippen LogP contribution < -0.4 is 4.74 Å². The highest BCUT2D eigenvalue weighted by Crippen LogP contribution is 2.16. The number of hydrogen-bond donors (Lipinski definition) is 1. The van der Waals surface area contributed by atoms with E-state index in [4.69, 9.17) is 4.74 Å². The van der Waals surface area contributed by atoms with E-state index in [0.717, 1.165) is 5.56 Å². The number of hydrogen-bond acceptors (Lipinski definition) is 4. The fourth-order valence-electron chi connectivity index (χ4n) is 1.81. The Labute approximate surface area is 123 Å². The number of ether oxygens (including phenoxy) is 1. The van der Waals surface area contributed by atoms with Crippen molar-refractivity contribution in [3.05, 3.63) is 59.7 Å². The van der Waals surface area contributed by atoms with E-state index >= 15 is 0 Å². The first kappa shape index (κ1) is 14.8. The average molecular weight is 284 g/mol. The van der Waals surface area contributed by atoms with E-state index in [9.17, 15) is 14.7 Å². The number of phenols is 1. The van der Waals surface area contributed by atoms with Crippen LogP contribution in [0, 0.1) is 0 Å². The molecule has 1 N–H and O–H groups in total. The quantitative estimate of drug-likeness (QED) is 0.676. The molecule has 0 heterocycles. The van der Waals surface area contributed by atoms with Gasteiger partial charge in [-0.15, -0.1) is 0 Å². The highest BCUT2D eigenvalue weighted by Gasteiger charge is 2.08. The topological polar surface area (TPSA) is 63.6 Å². The van der Waals surface area contributed by atoms with Crippen LogP contribution in [0.4, 0.5) is 0 Å². The van der Waals surface area contributed by atoms with Gasteiger partial charge in [-0.05, 0) is 55.3 Å². The third-order valence-electron chi connectivity index (χ3n) is 3.00. The molecule has 0 aliphatic carbocycles. The summed E-state index contributed by atoms with van der Waals surface area (Å²) in [6.07, 6.45) is 1.19. The largest absolute Gasteiger partial charge is 0.508 e. The molecule has 0 fully saturated rings. The molecule has 0 spiro atoms. The van der Waals surface area contributed by atoms with E-state index in [1.54, 1.807) is 19.1 Å². The van der Waals surface area contributed by atoms with Crippen LogP contribution in [0.3, 0.4) is 0 Å². The molecule has 4 nitrogen and oxygen atoms in total. The number of phenolic OH excluding ortho intramolecular Hbond substituents is 1. The lowest BCUT2D eigenvalue weighted by Crippen LogP contribution is -2.08. The number of benzene rings is 2. The van der Waals surface area contributed by atoms with Gasteiger partial charge in [-0.25, -0.2) is 4.79 Å². The van der Waals surface area contributed by atoms with E-state index < -0.39 is 5.97 Å². The molecule has 0 radical (unpaired) electrons. The summed E-state index contributed by atoms with van der Waals surface area (Å²) in [5, 5.41) is 9.17. The van der Waals surface area contributed by atoms with Crippen molar-refractivity contribution in [1.82, 2.24) is 0 Å². The standard InChI is InChI=1S/C17H16O4/c1-12(18)2-3-13-4-10-16(11-5-13)21-17(20)14-6-8-15(19)9-7-14/h4-11,19H,2-3H2,1H3. The SMILES string of the molecule is CC(=O)CCc1ccc(OC(=O)c2ccc(O)cc2)cc1. The van der Waals surface area contributed by atoms with Gasteiger partial charge in [-0.3, -0.25) is 0 Å². The van der Waals surface area contributed by atoms with Crippen LogP contribution in [-0.4, -0.2) is 16.9 Å². The molecular formula is C17H16O4. The highest BCUT2D eigenvalue weighted by atomic mass is 16.5. The minimum Gasteiger partial charge on any atom is -0.508 e. The fraction of sp³-hybridized carbons (Fsp3) is 0.176. The van der Waals surface area contributed by atoms with Crippen LogP contribution in [0.5, 0.6) is 11.5 Å².